The Morgan fingerprint density at radius 2 is 1.84 bits per heavy atom. The van der Waals surface area contributed by atoms with Crippen molar-refractivity contribution in [3.63, 3.8) is 0 Å². The second-order valence-corrected chi connectivity index (χ2v) is 8.14. The molecule has 0 aliphatic carbocycles. The summed E-state index contributed by atoms with van der Waals surface area (Å²) in [6.45, 7) is 10.3. The first-order chi connectivity index (χ1) is 15.3. The number of piperazine rings is 1. The number of rotatable bonds is 5. The highest BCUT2D eigenvalue weighted by Gasteiger charge is 2.18. The predicted molar refractivity (Wildman–Crippen MR) is 129 cm³/mol. The van der Waals surface area contributed by atoms with Gasteiger partial charge in [0.05, 0.1) is 0 Å². The minimum Gasteiger partial charge on any atom is -0.354 e. The number of nitrogens with one attached hydrogen (secondary N) is 1. The quantitative estimate of drug-likeness (QED) is 0.597. The van der Waals surface area contributed by atoms with Crippen LogP contribution < -0.4 is 10.2 Å². The summed E-state index contributed by atoms with van der Waals surface area (Å²) in [5.41, 5.74) is 3.92. The van der Waals surface area contributed by atoms with E-state index in [9.17, 15) is 0 Å². The van der Waals surface area contributed by atoms with Crippen molar-refractivity contribution in [3.05, 3.63) is 65.9 Å². The van der Waals surface area contributed by atoms with Crippen LogP contribution in [0.4, 0.5) is 5.82 Å². The van der Waals surface area contributed by atoms with Crippen molar-refractivity contribution in [2.45, 2.75) is 19.9 Å². The topological polar surface area (TPSA) is 47.0 Å². The number of benzene rings is 1. The van der Waals surface area contributed by atoms with Gasteiger partial charge in [-0.25, -0.2) is 4.98 Å². The Morgan fingerprint density at radius 3 is 2.45 bits per heavy atom. The van der Waals surface area contributed by atoms with Crippen LogP contribution in [0.2, 0.25) is 0 Å². The fourth-order valence-electron chi connectivity index (χ4n) is 4.29. The molecule has 0 saturated carbocycles. The maximum atomic E-state index is 4.72. The SMILES string of the molecule is CCN1CCN(c2ccc(CNC(=NC)N3CC=C(c4ccccc4)CC3)cn2)CC1. The summed E-state index contributed by atoms with van der Waals surface area (Å²) in [4.78, 5) is 16.4. The van der Waals surface area contributed by atoms with E-state index in [2.05, 4.69) is 80.5 Å². The van der Waals surface area contributed by atoms with E-state index < -0.39 is 0 Å². The van der Waals surface area contributed by atoms with E-state index >= 15 is 0 Å². The molecule has 1 fully saturated rings. The van der Waals surface area contributed by atoms with E-state index in [-0.39, 0.29) is 0 Å². The van der Waals surface area contributed by atoms with Gasteiger partial charge < -0.3 is 20.0 Å². The Bertz CT molecular complexity index is 882. The summed E-state index contributed by atoms with van der Waals surface area (Å²) in [7, 11) is 1.86. The minimum atomic E-state index is 0.731. The Balaban J connectivity index is 1.29. The molecule has 31 heavy (non-hydrogen) atoms. The first-order valence-electron chi connectivity index (χ1n) is 11.4. The number of aromatic nitrogens is 1. The summed E-state index contributed by atoms with van der Waals surface area (Å²) >= 11 is 0. The van der Waals surface area contributed by atoms with Gasteiger partial charge in [0.1, 0.15) is 5.82 Å². The number of hydrogen-bond donors (Lipinski definition) is 1. The van der Waals surface area contributed by atoms with Crippen LogP contribution >= 0.6 is 0 Å². The molecule has 6 nitrogen and oxygen atoms in total. The molecule has 1 N–H and O–H groups in total. The summed E-state index contributed by atoms with van der Waals surface area (Å²) in [5.74, 6) is 2.03. The van der Waals surface area contributed by atoms with Gasteiger partial charge in [-0.3, -0.25) is 4.99 Å². The van der Waals surface area contributed by atoms with Gasteiger partial charge in [0.25, 0.3) is 0 Å². The van der Waals surface area contributed by atoms with Crippen LogP contribution in [-0.2, 0) is 6.54 Å². The van der Waals surface area contributed by atoms with Gasteiger partial charge in [-0.1, -0.05) is 49.4 Å². The molecule has 2 aromatic rings. The zero-order valence-corrected chi connectivity index (χ0v) is 18.8. The first kappa shape index (κ1) is 21.4. The van der Waals surface area contributed by atoms with E-state index in [1.54, 1.807) is 0 Å². The van der Waals surface area contributed by atoms with E-state index in [0.29, 0.717) is 0 Å². The van der Waals surface area contributed by atoms with Crippen LogP contribution in [0.5, 0.6) is 0 Å². The molecule has 4 rings (SSSR count). The summed E-state index contributed by atoms with van der Waals surface area (Å²) in [6, 6.07) is 15.0. The lowest BCUT2D eigenvalue weighted by Crippen LogP contribution is -2.46. The molecule has 1 aromatic heterocycles. The van der Waals surface area contributed by atoms with Gasteiger partial charge >= 0.3 is 0 Å². The molecule has 1 aromatic carbocycles. The zero-order chi connectivity index (χ0) is 21.5. The normalized spacial score (nSPS) is 18.1. The number of nitrogens with zero attached hydrogens (tertiary/aromatic N) is 5. The lowest BCUT2D eigenvalue weighted by molar-refractivity contribution is 0.270. The van der Waals surface area contributed by atoms with Gasteiger partial charge in [0, 0.05) is 59.1 Å². The highest BCUT2D eigenvalue weighted by Crippen LogP contribution is 2.22. The zero-order valence-electron chi connectivity index (χ0n) is 18.8. The predicted octanol–water partition coefficient (Wildman–Crippen LogP) is 3.09. The highest BCUT2D eigenvalue weighted by molar-refractivity contribution is 5.81. The largest absolute Gasteiger partial charge is 0.354 e. The average Bonchev–Trinajstić information content (AvgIpc) is 2.86. The Labute approximate surface area is 186 Å². The van der Waals surface area contributed by atoms with Gasteiger partial charge in [-0.2, -0.15) is 0 Å². The molecule has 2 aliphatic rings. The van der Waals surface area contributed by atoms with Gasteiger partial charge in [0.2, 0.25) is 0 Å². The monoisotopic (exact) mass is 418 g/mol. The number of guanidine groups is 1. The van der Waals surface area contributed by atoms with E-state index in [1.807, 2.05) is 13.2 Å². The summed E-state index contributed by atoms with van der Waals surface area (Å²) in [6.07, 6.45) is 5.35. The van der Waals surface area contributed by atoms with Crippen molar-refractivity contribution in [2.24, 2.45) is 4.99 Å². The lowest BCUT2D eigenvalue weighted by atomic mass is 10.00. The second kappa shape index (κ2) is 10.4. The second-order valence-electron chi connectivity index (χ2n) is 8.14. The molecule has 0 atom stereocenters. The third-order valence-electron chi connectivity index (χ3n) is 6.27. The molecular weight excluding hydrogens is 384 g/mol. The molecule has 164 valence electrons. The summed E-state index contributed by atoms with van der Waals surface area (Å²) in [5, 5.41) is 3.51. The molecule has 6 heteroatoms. The van der Waals surface area contributed by atoms with E-state index in [1.165, 1.54) is 16.7 Å². The number of pyridine rings is 1. The summed E-state index contributed by atoms with van der Waals surface area (Å²) < 4.78 is 0. The fraction of sp³-hybridized carbons (Fsp3) is 0.440. The van der Waals surface area contributed by atoms with E-state index in [4.69, 9.17) is 4.98 Å². The first-order valence-corrected chi connectivity index (χ1v) is 11.4. The van der Waals surface area contributed by atoms with Crippen molar-refractivity contribution in [3.8, 4) is 0 Å². The van der Waals surface area contributed by atoms with Crippen LogP contribution in [0.3, 0.4) is 0 Å². The average molecular weight is 419 g/mol. The van der Waals surface area contributed by atoms with Crippen molar-refractivity contribution < 1.29 is 0 Å². The van der Waals surface area contributed by atoms with Crippen LogP contribution in [-0.4, -0.2) is 73.6 Å². The highest BCUT2D eigenvalue weighted by atomic mass is 15.3. The maximum Gasteiger partial charge on any atom is 0.194 e. The molecular formula is C25H34N6. The van der Waals surface area contributed by atoms with Crippen LogP contribution in [0, 0.1) is 0 Å². The fourth-order valence-corrected chi connectivity index (χ4v) is 4.29. The molecule has 3 heterocycles. The molecule has 0 unspecified atom stereocenters. The number of hydrogen-bond acceptors (Lipinski definition) is 4. The lowest BCUT2D eigenvalue weighted by Gasteiger charge is -2.34. The Hall–Kier alpha value is -2.86. The number of likely N-dealkylation sites (N-methyl/N-ethyl adjacent to an activating group) is 1. The Morgan fingerprint density at radius 1 is 1.03 bits per heavy atom. The van der Waals surface area contributed by atoms with Gasteiger partial charge in [-0.15, -0.1) is 0 Å². The third-order valence-corrected chi connectivity index (χ3v) is 6.27. The van der Waals surface area contributed by atoms with Crippen molar-refractivity contribution in [2.75, 3.05) is 57.8 Å². The van der Waals surface area contributed by atoms with Crippen LogP contribution in [0.15, 0.2) is 59.7 Å². The standard InChI is InChI=1S/C25H34N6/c1-3-29-15-17-30(18-16-29)24-10-9-21(19-27-24)20-28-25(26-2)31-13-11-23(12-14-31)22-7-5-4-6-8-22/h4-11,19H,3,12-18,20H2,1-2H3,(H,26,28). The van der Waals surface area contributed by atoms with Crippen LogP contribution in [0.25, 0.3) is 5.57 Å². The Kier molecular flexibility index (Phi) is 7.20. The van der Waals surface area contributed by atoms with E-state index in [0.717, 1.165) is 70.6 Å². The molecule has 2 aliphatic heterocycles. The number of aliphatic imine (C=N–C) groups is 1. The van der Waals surface area contributed by atoms with Crippen LogP contribution in [0.1, 0.15) is 24.5 Å². The van der Waals surface area contributed by atoms with Gasteiger partial charge in [0.15, 0.2) is 5.96 Å². The molecule has 0 spiro atoms. The van der Waals surface area contributed by atoms with Gasteiger partial charge in [-0.05, 0) is 35.7 Å². The maximum absolute atomic E-state index is 4.72. The smallest absolute Gasteiger partial charge is 0.194 e. The molecule has 0 bridgehead atoms. The van der Waals surface area contributed by atoms with Crippen molar-refractivity contribution in [1.82, 2.24) is 20.1 Å². The minimum absolute atomic E-state index is 0.731. The molecule has 0 amide bonds. The molecule has 0 radical (unpaired) electrons. The third kappa shape index (κ3) is 5.44. The molecule has 1 saturated heterocycles. The van der Waals surface area contributed by atoms with Crippen molar-refractivity contribution in [1.29, 1.82) is 0 Å². The van der Waals surface area contributed by atoms with Crippen molar-refractivity contribution >= 4 is 17.4 Å². The number of anilines is 1.